The van der Waals surface area contributed by atoms with Gasteiger partial charge >= 0.3 is 0 Å². The molecule has 1 fully saturated rings. The van der Waals surface area contributed by atoms with Crippen LogP contribution in [0.15, 0.2) is 42.7 Å². The predicted octanol–water partition coefficient (Wildman–Crippen LogP) is 3.16. The second-order valence-electron chi connectivity index (χ2n) is 8.29. The van der Waals surface area contributed by atoms with Crippen molar-refractivity contribution in [3.05, 3.63) is 54.0 Å². The summed E-state index contributed by atoms with van der Waals surface area (Å²) in [6.07, 6.45) is 5.54. The van der Waals surface area contributed by atoms with Crippen LogP contribution in [-0.4, -0.2) is 45.3 Å². The molecule has 9 nitrogen and oxygen atoms in total. The minimum Gasteiger partial charge on any atom is -0.384 e. The van der Waals surface area contributed by atoms with Crippen molar-refractivity contribution in [3.8, 4) is 0 Å². The second-order valence-corrected chi connectivity index (χ2v) is 8.29. The van der Waals surface area contributed by atoms with Crippen LogP contribution in [0.4, 0.5) is 23.1 Å². The van der Waals surface area contributed by atoms with Gasteiger partial charge in [-0.05, 0) is 56.0 Å². The summed E-state index contributed by atoms with van der Waals surface area (Å²) in [5.74, 6) is 2.64. The molecule has 0 unspecified atom stereocenters. The number of rotatable bonds is 7. The first-order chi connectivity index (χ1) is 15.5. The van der Waals surface area contributed by atoms with Crippen LogP contribution in [0.25, 0.3) is 0 Å². The van der Waals surface area contributed by atoms with E-state index in [1.54, 1.807) is 23.1 Å². The topological polar surface area (TPSA) is 114 Å². The molecule has 3 aromatic rings. The van der Waals surface area contributed by atoms with E-state index in [9.17, 15) is 4.79 Å². The summed E-state index contributed by atoms with van der Waals surface area (Å²) in [5.41, 5.74) is 7.94. The quantitative estimate of drug-likeness (QED) is 0.523. The fourth-order valence-corrected chi connectivity index (χ4v) is 3.77. The standard InChI is InChI=1S/C23H30N8O/c1-16-8-12-30(13-9-16)22-19(5-3-17(2)28-22)23(32)29-18-4-6-21(26-15-18)25-11-14-31-20(24)7-10-27-31/h3-7,10,15-16H,8-9,11-14,24H2,1-2H3,(H,25,26)(H,29,32). The SMILES string of the molecule is Cc1ccc(C(=O)Nc2ccc(NCCn3nccc3N)nc2)c(N2CCC(C)CC2)n1. The smallest absolute Gasteiger partial charge is 0.259 e. The first kappa shape index (κ1) is 21.6. The number of amides is 1. The molecule has 0 aromatic carbocycles. The fourth-order valence-electron chi connectivity index (χ4n) is 3.77. The van der Waals surface area contributed by atoms with Gasteiger partial charge in [0, 0.05) is 25.3 Å². The zero-order valence-electron chi connectivity index (χ0n) is 18.6. The molecule has 3 aromatic heterocycles. The number of carbonyl (C=O) groups excluding carboxylic acids is 1. The molecule has 0 aliphatic carbocycles. The van der Waals surface area contributed by atoms with Gasteiger partial charge in [-0.15, -0.1) is 0 Å². The molecule has 0 saturated carbocycles. The summed E-state index contributed by atoms with van der Waals surface area (Å²) in [7, 11) is 0. The number of anilines is 4. The van der Waals surface area contributed by atoms with Crippen LogP contribution in [0.1, 0.15) is 35.8 Å². The van der Waals surface area contributed by atoms with E-state index in [-0.39, 0.29) is 5.91 Å². The number of nitrogens with zero attached hydrogens (tertiary/aromatic N) is 5. The molecule has 4 rings (SSSR count). The summed E-state index contributed by atoms with van der Waals surface area (Å²) < 4.78 is 1.72. The van der Waals surface area contributed by atoms with E-state index in [2.05, 4.69) is 37.5 Å². The Morgan fingerprint density at radius 2 is 2.00 bits per heavy atom. The Morgan fingerprint density at radius 1 is 1.19 bits per heavy atom. The molecule has 1 amide bonds. The summed E-state index contributed by atoms with van der Waals surface area (Å²) in [6.45, 7) is 7.34. The average molecular weight is 435 g/mol. The lowest BCUT2D eigenvalue weighted by Gasteiger charge is -2.32. The molecule has 1 saturated heterocycles. The number of piperidine rings is 1. The van der Waals surface area contributed by atoms with E-state index in [0.29, 0.717) is 41.9 Å². The third-order valence-corrected chi connectivity index (χ3v) is 5.74. The molecule has 0 bridgehead atoms. The van der Waals surface area contributed by atoms with E-state index < -0.39 is 0 Å². The number of aryl methyl sites for hydroxylation is 1. The molecule has 32 heavy (non-hydrogen) atoms. The molecule has 4 heterocycles. The molecule has 4 N–H and O–H groups in total. The van der Waals surface area contributed by atoms with Crippen LogP contribution < -0.4 is 21.3 Å². The highest BCUT2D eigenvalue weighted by atomic mass is 16.1. The van der Waals surface area contributed by atoms with Crippen molar-refractivity contribution in [1.29, 1.82) is 0 Å². The summed E-state index contributed by atoms with van der Waals surface area (Å²) >= 11 is 0. The Bertz CT molecular complexity index is 1050. The third kappa shape index (κ3) is 5.16. The third-order valence-electron chi connectivity index (χ3n) is 5.74. The maximum atomic E-state index is 13.0. The van der Waals surface area contributed by atoms with Crippen molar-refractivity contribution in [2.24, 2.45) is 5.92 Å². The number of hydrogen-bond acceptors (Lipinski definition) is 7. The van der Waals surface area contributed by atoms with Crippen LogP contribution >= 0.6 is 0 Å². The van der Waals surface area contributed by atoms with Gasteiger partial charge in [0.2, 0.25) is 0 Å². The van der Waals surface area contributed by atoms with Crippen molar-refractivity contribution < 1.29 is 4.79 Å². The van der Waals surface area contributed by atoms with E-state index >= 15 is 0 Å². The Balaban J connectivity index is 1.38. The van der Waals surface area contributed by atoms with Gasteiger partial charge in [0.25, 0.3) is 5.91 Å². The van der Waals surface area contributed by atoms with Gasteiger partial charge in [-0.1, -0.05) is 6.92 Å². The first-order valence-corrected chi connectivity index (χ1v) is 11.0. The number of aromatic nitrogens is 4. The molecule has 1 aliphatic rings. The lowest BCUT2D eigenvalue weighted by molar-refractivity contribution is 0.102. The Labute approximate surface area is 188 Å². The zero-order valence-corrected chi connectivity index (χ0v) is 18.6. The van der Waals surface area contributed by atoms with Crippen LogP contribution in [0.2, 0.25) is 0 Å². The number of nitrogens with two attached hydrogens (primary N) is 1. The predicted molar refractivity (Wildman–Crippen MR) is 127 cm³/mol. The van der Waals surface area contributed by atoms with Gasteiger partial charge < -0.3 is 21.3 Å². The number of nitrogens with one attached hydrogen (secondary N) is 2. The molecule has 168 valence electrons. The van der Waals surface area contributed by atoms with Crippen molar-refractivity contribution in [2.75, 3.05) is 40.9 Å². The largest absolute Gasteiger partial charge is 0.384 e. The Kier molecular flexibility index (Phi) is 6.53. The van der Waals surface area contributed by atoms with E-state index in [4.69, 9.17) is 5.73 Å². The number of carbonyl (C=O) groups is 1. The second kappa shape index (κ2) is 9.67. The lowest BCUT2D eigenvalue weighted by atomic mass is 9.99. The maximum Gasteiger partial charge on any atom is 0.259 e. The number of hydrogen-bond donors (Lipinski definition) is 3. The number of nitrogen functional groups attached to an aromatic ring is 1. The maximum absolute atomic E-state index is 13.0. The molecule has 0 spiro atoms. The molecule has 1 aliphatic heterocycles. The van der Waals surface area contributed by atoms with Crippen molar-refractivity contribution in [3.63, 3.8) is 0 Å². The summed E-state index contributed by atoms with van der Waals surface area (Å²) in [4.78, 5) is 24.3. The van der Waals surface area contributed by atoms with Crippen molar-refractivity contribution >= 4 is 29.0 Å². The highest BCUT2D eigenvalue weighted by Crippen LogP contribution is 2.26. The Morgan fingerprint density at radius 3 is 2.69 bits per heavy atom. The van der Waals surface area contributed by atoms with Crippen LogP contribution in [0, 0.1) is 12.8 Å². The van der Waals surface area contributed by atoms with Gasteiger partial charge in [-0.2, -0.15) is 5.10 Å². The molecular formula is C23H30N8O. The van der Waals surface area contributed by atoms with Crippen molar-refractivity contribution in [2.45, 2.75) is 33.2 Å². The average Bonchev–Trinajstić information content (AvgIpc) is 3.20. The van der Waals surface area contributed by atoms with Crippen molar-refractivity contribution in [1.82, 2.24) is 19.7 Å². The fraction of sp³-hybridized carbons (Fsp3) is 0.391. The van der Waals surface area contributed by atoms with Gasteiger partial charge in [0.15, 0.2) is 0 Å². The van der Waals surface area contributed by atoms with Gasteiger partial charge in [0.1, 0.15) is 17.5 Å². The lowest BCUT2D eigenvalue weighted by Crippen LogP contribution is -2.35. The van der Waals surface area contributed by atoms with Gasteiger partial charge in [0.05, 0.1) is 30.2 Å². The minimum absolute atomic E-state index is 0.178. The van der Waals surface area contributed by atoms with Gasteiger partial charge in [-0.3, -0.25) is 4.79 Å². The van der Waals surface area contributed by atoms with Crippen LogP contribution in [0.5, 0.6) is 0 Å². The normalized spacial score (nSPS) is 14.4. The molecule has 0 radical (unpaired) electrons. The molecule has 0 atom stereocenters. The van der Waals surface area contributed by atoms with Gasteiger partial charge in [-0.25, -0.2) is 14.6 Å². The summed E-state index contributed by atoms with van der Waals surface area (Å²) in [6, 6.07) is 9.16. The van der Waals surface area contributed by atoms with Crippen LogP contribution in [0.3, 0.4) is 0 Å². The Hall–Kier alpha value is -3.62. The molecular weight excluding hydrogens is 404 g/mol. The first-order valence-electron chi connectivity index (χ1n) is 11.0. The number of pyridine rings is 2. The summed E-state index contributed by atoms with van der Waals surface area (Å²) in [5, 5.41) is 10.3. The monoisotopic (exact) mass is 434 g/mol. The van der Waals surface area contributed by atoms with E-state index in [0.717, 1.165) is 37.4 Å². The van der Waals surface area contributed by atoms with Crippen LogP contribution in [-0.2, 0) is 6.54 Å². The van der Waals surface area contributed by atoms with E-state index in [1.165, 1.54) is 0 Å². The highest BCUT2D eigenvalue weighted by Gasteiger charge is 2.22. The zero-order chi connectivity index (χ0) is 22.5. The van der Waals surface area contributed by atoms with E-state index in [1.807, 2.05) is 31.2 Å². The molecule has 9 heteroatoms. The highest BCUT2D eigenvalue weighted by molar-refractivity contribution is 6.07. The minimum atomic E-state index is -0.178.